The maximum absolute atomic E-state index is 12.4. The van der Waals surface area contributed by atoms with Crippen LogP contribution in [0.5, 0.6) is 5.75 Å². The molecule has 2 rings (SSSR count). The van der Waals surface area contributed by atoms with E-state index in [0.29, 0.717) is 36.6 Å². The number of benzene rings is 1. The standard InChI is InChI=1S/C15H22N2O5S/c1-10(2)21-6-4-5-16-23(19,20)14-8-13-12(7-11(14)3)17-15(18)9-22-13/h7-8,10,16H,4-6,9H2,1-3H3,(H,17,18). The topological polar surface area (TPSA) is 93.7 Å². The van der Waals surface area contributed by atoms with Crippen molar-refractivity contribution in [2.45, 2.75) is 38.2 Å². The van der Waals surface area contributed by atoms with Crippen LogP contribution in [0.2, 0.25) is 0 Å². The third-order valence-corrected chi connectivity index (χ3v) is 4.87. The zero-order valence-electron chi connectivity index (χ0n) is 13.5. The number of nitrogens with one attached hydrogen (secondary N) is 2. The van der Waals surface area contributed by atoms with Crippen LogP contribution in [0.4, 0.5) is 5.69 Å². The molecule has 2 N–H and O–H groups in total. The average molecular weight is 342 g/mol. The number of sulfonamides is 1. The number of ether oxygens (including phenoxy) is 2. The Labute approximate surface area is 136 Å². The lowest BCUT2D eigenvalue weighted by molar-refractivity contribution is -0.118. The van der Waals surface area contributed by atoms with Crippen molar-refractivity contribution in [3.05, 3.63) is 17.7 Å². The Morgan fingerprint density at radius 3 is 2.83 bits per heavy atom. The van der Waals surface area contributed by atoms with E-state index in [4.69, 9.17) is 9.47 Å². The van der Waals surface area contributed by atoms with Gasteiger partial charge in [0.2, 0.25) is 10.0 Å². The second-order valence-electron chi connectivity index (χ2n) is 5.62. The Hall–Kier alpha value is -1.64. The van der Waals surface area contributed by atoms with Crippen molar-refractivity contribution in [3.63, 3.8) is 0 Å². The first kappa shape index (κ1) is 17.7. The summed E-state index contributed by atoms with van der Waals surface area (Å²) in [6, 6.07) is 3.04. The first-order valence-corrected chi connectivity index (χ1v) is 8.96. The van der Waals surface area contributed by atoms with Crippen LogP contribution in [0.3, 0.4) is 0 Å². The van der Waals surface area contributed by atoms with Gasteiger partial charge in [-0.3, -0.25) is 4.79 Å². The Bertz CT molecular complexity index is 685. The molecule has 23 heavy (non-hydrogen) atoms. The molecule has 1 aliphatic heterocycles. The second-order valence-corrected chi connectivity index (χ2v) is 7.36. The van der Waals surface area contributed by atoms with Crippen molar-refractivity contribution in [3.8, 4) is 5.75 Å². The number of anilines is 1. The molecule has 8 heteroatoms. The molecule has 0 fully saturated rings. The molecule has 1 aromatic rings. The summed E-state index contributed by atoms with van der Waals surface area (Å²) < 4.78 is 38.0. The minimum atomic E-state index is -3.64. The lowest BCUT2D eigenvalue weighted by Gasteiger charge is -2.20. The number of carbonyl (C=O) groups is 1. The summed E-state index contributed by atoms with van der Waals surface area (Å²) in [4.78, 5) is 11.4. The summed E-state index contributed by atoms with van der Waals surface area (Å²) in [6.07, 6.45) is 0.718. The van der Waals surface area contributed by atoms with Gasteiger partial charge in [0.25, 0.3) is 5.91 Å². The first-order chi connectivity index (χ1) is 10.8. The fourth-order valence-corrected chi connectivity index (χ4v) is 3.49. The molecule has 0 bridgehead atoms. The van der Waals surface area contributed by atoms with Gasteiger partial charge in [-0.1, -0.05) is 0 Å². The fraction of sp³-hybridized carbons (Fsp3) is 0.533. The monoisotopic (exact) mass is 342 g/mol. The Kier molecular flexibility index (Phi) is 5.61. The predicted molar refractivity (Wildman–Crippen MR) is 86.2 cm³/mol. The van der Waals surface area contributed by atoms with E-state index in [1.54, 1.807) is 13.0 Å². The van der Waals surface area contributed by atoms with Crippen LogP contribution in [0.1, 0.15) is 25.8 Å². The van der Waals surface area contributed by atoms with Crippen LogP contribution < -0.4 is 14.8 Å². The normalized spacial score (nSPS) is 14.3. The molecule has 1 heterocycles. The van der Waals surface area contributed by atoms with E-state index in [0.717, 1.165) is 0 Å². The summed E-state index contributed by atoms with van der Waals surface area (Å²) in [5.41, 5.74) is 1.03. The smallest absolute Gasteiger partial charge is 0.262 e. The maximum Gasteiger partial charge on any atom is 0.262 e. The summed E-state index contributed by atoms with van der Waals surface area (Å²) in [5.74, 6) is 0.106. The van der Waals surface area contributed by atoms with Gasteiger partial charge in [0.15, 0.2) is 6.61 Å². The van der Waals surface area contributed by atoms with Crippen molar-refractivity contribution in [1.29, 1.82) is 0 Å². The predicted octanol–water partition coefficient (Wildman–Crippen LogP) is 1.42. The molecule has 0 aliphatic carbocycles. The maximum atomic E-state index is 12.4. The van der Waals surface area contributed by atoms with Gasteiger partial charge in [-0.2, -0.15) is 0 Å². The van der Waals surface area contributed by atoms with Gasteiger partial charge in [0.1, 0.15) is 5.75 Å². The van der Waals surface area contributed by atoms with E-state index in [9.17, 15) is 13.2 Å². The minimum absolute atomic E-state index is 0.116. The largest absolute Gasteiger partial charge is 0.482 e. The van der Waals surface area contributed by atoms with E-state index < -0.39 is 10.0 Å². The van der Waals surface area contributed by atoms with Crippen LogP contribution in [-0.4, -0.2) is 40.2 Å². The number of rotatable bonds is 7. The van der Waals surface area contributed by atoms with Crippen LogP contribution >= 0.6 is 0 Å². The van der Waals surface area contributed by atoms with Gasteiger partial charge in [-0.25, -0.2) is 13.1 Å². The van der Waals surface area contributed by atoms with Crippen LogP contribution in [-0.2, 0) is 19.6 Å². The van der Waals surface area contributed by atoms with Crippen molar-refractivity contribution < 1.29 is 22.7 Å². The minimum Gasteiger partial charge on any atom is -0.482 e. The highest BCUT2D eigenvalue weighted by Crippen LogP contribution is 2.32. The van der Waals surface area contributed by atoms with E-state index in [1.807, 2.05) is 13.8 Å². The lowest BCUT2D eigenvalue weighted by atomic mass is 10.2. The number of aryl methyl sites for hydroxylation is 1. The number of carbonyl (C=O) groups excluding carboxylic acids is 1. The Balaban J connectivity index is 2.06. The molecule has 1 aliphatic rings. The molecule has 1 amide bonds. The van der Waals surface area contributed by atoms with Crippen molar-refractivity contribution in [2.24, 2.45) is 0 Å². The zero-order chi connectivity index (χ0) is 17.0. The molecule has 0 radical (unpaired) electrons. The van der Waals surface area contributed by atoms with Crippen molar-refractivity contribution >= 4 is 21.6 Å². The molecule has 0 aromatic heterocycles. The van der Waals surface area contributed by atoms with Gasteiger partial charge in [0, 0.05) is 19.2 Å². The number of hydrogen-bond acceptors (Lipinski definition) is 5. The quantitative estimate of drug-likeness (QED) is 0.731. The van der Waals surface area contributed by atoms with Crippen LogP contribution in [0.25, 0.3) is 0 Å². The van der Waals surface area contributed by atoms with Gasteiger partial charge < -0.3 is 14.8 Å². The third-order valence-electron chi connectivity index (χ3n) is 3.26. The molecule has 7 nitrogen and oxygen atoms in total. The Morgan fingerprint density at radius 2 is 2.13 bits per heavy atom. The molecular formula is C15H22N2O5S. The number of fused-ring (bicyclic) bond motifs is 1. The average Bonchev–Trinajstić information content (AvgIpc) is 2.45. The highest BCUT2D eigenvalue weighted by Gasteiger charge is 2.23. The third kappa shape index (κ3) is 4.66. The zero-order valence-corrected chi connectivity index (χ0v) is 14.3. The van der Waals surface area contributed by atoms with Crippen molar-refractivity contribution in [2.75, 3.05) is 25.1 Å². The molecule has 0 atom stereocenters. The molecule has 0 spiro atoms. The van der Waals surface area contributed by atoms with E-state index in [2.05, 4.69) is 10.0 Å². The molecule has 1 aromatic carbocycles. The van der Waals surface area contributed by atoms with Crippen LogP contribution in [0.15, 0.2) is 17.0 Å². The fourth-order valence-electron chi connectivity index (χ4n) is 2.18. The van der Waals surface area contributed by atoms with Crippen molar-refractivity contribution in [1.82, 2.24) is 4.72 Å². The van der Waals surface area contributed by atoms with Gasteiger partial charge in [-0.05, 0) is 38.8 Å². The highest BCUT2D eigenvalue weighted by atomic mass is 32.2. The summed E-state index contributed by atoms with van der Waals surface area (Å²) in [6.45, 7) is 6.22. The van der Waals surface area contributed by atoms with E-state index >= 15 is 0 Å². The van der Waals surface area contributed by atoms with Gasteiger partial charge in [0.05, 0.1) is 16.7 Å². The summed E-state index contributed by atoms with van der Waals surface area (Å²) >= 11 is 0. The molecular weight excluding hydrogens is 320 g/mol. The number of amides is 1. The van der Waals surface area contributed by atoms with Gasteiger partial charge >= 0.3 is 0 Å². The molecule has 128 valence electrons. The van der Waals surface area contributed by atoms with E-state index in [1.165, 1.54) is 6.07 Å². The SMILES string of the molecule is Cc1cc2c(cc1S(=O)(=O)NCCCOC(C)C)OCC(=O)N2. The van der Waals surface area contributed by atoms with E-state index in [-0.39, 0.29) is 23.5 Å². The number of hydrogen-bond donors (Lipinski definition) is 2. The van der Waals surface area contributed by atoms with Crippen LogP contribution in [0, 0.1) is 6.92 Å². The summed E-state index contributed by atoms with van der Waals surface area (Å²) in [5, 5.41) is 2.65. The lowest BCUT2D eigenvalue weighted by Crippen LogP contribution is -2.28. The summed E-state index contributed by atoms with van der Waals surface area (Å²) in [7, 11) is -3.64. The molecule has 0 saturated carbocycles. The molecule has 0 unspecified atom stereocenters. The van der Waals surface area contributed by atoms with Gasteiger partial charge in [-0.15, -0.1) is 0 Å². The molecule has 0 saturated heterocycles. The first-order valence-electron chi connectivity index (χ1n) is 7.48. The Morgan fingerprint density at radius 1 is 1.39 bits per heavy atom. The highest BCUT2D eigenvalue weighted by molar-refractivity contribution is 7.89. The second kappa shape index (κ2) is 7.29.